The molecule has 2 atom stereocenters. The van der Waals surface area contributed by atoms with Crippen LogP contribution in [0.2, 0.25) is 0 Å². The molecule has 1 aromatic rings. The lowest BCUT2D eigenvalue weighted by Gasteiger charge is -2.30. The second-order valence-electron chi connectivity index (χ2n) is 5.09. The number of hydrogen-bond donors (Lipinski definition) is 1. The van der Waals surface area contributed by atoms with E-state index < -0.39 is 0 Å². The van der Waals surface area contributed by atoms with Gasteiger partial charge in [0.05, 0.1) is 0 Å². The third-order valence-electron chi connectivity index (χ3n) is 3.50. The zero-order valence-electron chi connectivity index (χ0n) is 11.1. The summed E-state index contributed by atoms with van der Waals surface area (Å²) < 4.78 is 0. The molecule has 1 aliphatic rings. The molecule has 0 aliphatic carbocycles. The fraction of sp³-hybridized carbons (Fsp3) is 0.600. The van der Waals surface area contributed by atoms with Crippen LogP contribution >= 0.6 is 11.8 Å². The summed E-state index contributed by atoms with van der Waals surface area (Å²) in [7, 11) is 2.09. The van der Waals surface area contributed by atoms with E-state index in [-0.39, 0.29) is 0 Å². The molecule has 1 heterocycles. The van der Waals surface area contributed by atoms with Crippen molar-refractivity contribution in [3.8, 4) is 0 Å². The highest BCUT2D eigenvalue weighted by Crippen LogP contribution is 2.35. The van der Waals surface area contributed by atoms with Gasteiger partial charge in [-0.15, -0.1) is 0 Å². The Balaban J connectivity index is 2.21. The Morgan fingerprint density at radius 2 is 1.88 bits per heavy atom. The molecule has 1 N–H and O–H groups in total. The molecule has 0 bridgehead atoms. The molecule has 0 spiro atoms. The standard InChI is InChI=1S/C15H23NS/c1-11-8-12(2)10-13(9-11)15(16-3)14-6-4-5-7-17-14/h8-10,14-16H,4-7H2,1-3H3. The summed E-state index contributed by atoms with van der Waals surface area (Å²) in [6.07, 6.45) is 4.13. The van der Waals surface area contributed by atoms with Crippen LogP contribution in [0.1, 0.15) is 42.0 Å². The highest BCUT2D eigenvalue weighted by Gasteiger charge is 2.24. The van der Waals surface area contributed by atoms with Gasteiger partial charge in [-0.05, 0) is 45.1 Å². The van der Waals surface area contributed by atoms with Crippen LogP contribution in [0.3, 0.4) is 0 Å². The van der Waals surface area contributed by atoms with Crippen LogP contribution in [-0.2, 0) is 0 Å². The molecule has 0 radical (unpaired) electrons. The van der Waals surface area contributed by atoms with Crippen LogP contribution in [0.5, 0.6) is 0 Å². The Morgan fingerprint density at radius 1 is 1.18 bits per heavy atom. The molecule has 1 fully saturated rings. The van der Waals surface area contributed by atoms with Crippen LogP contribution < -0.4 is 5.32 Å². The molecule has 2 rings (SSSR count). The van der Waals surface area contributed by atoms with Crippen LogP contribution in [0, 0.1) is 13.8 Å². The number of hydrogen-bond acceptors (Lipinski definition) is 2. The molecule has 1 saturated heterocycles. The van der Waals surface area contributed by atoms with Crippen molar-refractivity contribution in [2.24, 2.45) is 0 Å². The van der Waals surface area contributed by atoms with E-state index in [0.29, 0.717) is 6.04 Å². The topological polar surface area (TPSA) is 12.0 Å². The zero-order valence-corrected chi connectivity index (χ0v) is 11.9. The maximum absolute atomic E-state index is 3.52. The maximum atomic E-state index is 3.52. The Kier molecular flexibility index (Phi) is 4.52. The molecule has 1 aromatic carbocycles. The van der Waals surface area contributed by atoms with Gasteiger partial charge in [0, 0.05) is 11.3 Å². The molecule has 2 heteroatoms. The van der Waals surface area contributed by atoms with Gasteiger partial charge in [-0.25, -0.2) is 0 Å². The summed E-state index contributed by atoms with van der Waals surface area (Å²) >= 11 is 2.14. The van der Waals surface area contributed by atoms with Gasteiger partial charge in [0.15, 0.2) is 0 Å². The van der Waals surface area contributed by atoms with Crippen molar-refractivity contribution in [3.05, 3.63) is 34.9 Å². The number of benzene rings is 1. The van der Waals surface area contributed by atoms with Gasteiger partial charge in [0.2, 0.25) is 0 Å². The predicted octanol–water partition coefficient (Wildman–Crippen LogP) is 3.85. The van der Waals surface area contributed by atoms with E-state index in [1.54, 1.807) is 0 Å². The second kappa shape index (κ2) is 5.92. The largest absolute Gasteiger partial charge is 0.312 e. The first kappa shape index (κ1) is 13.0. The van der Waals surface area contributed by atoms with E-state index in [2.05, 4.69) is 56.2 Å². The molecule has 17 heavy (non-hydrogen) atoms. The van der Waals surface area contributed by atoms with Crippen molar-refractivity contribution in [1.29, 1.82) is 0 Å². The summed E-state index contributed by atoms with van der Waals surface area (Å²) in [5.41, 5.74) is 4.21. The molecule has 94 valence electrons. The Labute approximate surface area is 109 Å². The Hall–Kier alpha value is -0.470. The predicted molar refractivity (Wildman–Crippen MR) is 77.8 cm³/mol. The summed E-state index contributed by atoms with van der Waals surface area (Å²) in [5, 5.41) is 4.27. The normalized spacial score (nSPS) is 22.4. The number of rotatable bonds is 3. The first-order chi connectivity index (χ1) is 8.20. The highest BCUT2D eigenvalue weighted by molar-refractivity contribution is 8.00. The summed E-state index contributed by atoms with van der Waals surface area (Å²) in [6, 6.07) is 7.44. The number of thioether (sulfide) groups is 1. The van der Waals surface area contributed by atoms with E-state index in [0.717, 1.165) is 5.25 Å². The molecular weight excluding hydrogens is 226 g/mol. The minimum Gasteiger partial charge on any atom is -0.312 e. The van der Waals surface area contributed by atoms with E-state index in [4.69, 9.17) is 0 Å². The maximum Gasteiger partial charge on any atom is 0.0438 e. The minimum absolute atomic E-state index is 0.513. The van der Waals surface area contributed by atoms with Crippen LogP contribution in [0.25, 0.3) is 0 Å². The third-order valence-corrected chi connectivity index (χ3v) is 4.96. The molecule has 1 aliphatic heterocycles. The lowest BCUT2D eigenvalue weighted by molar-refractivity contribution is 0.516. The van der Waals surface area contributed by atoms with Crippen molar-refractivity contribution < 1.29 is 0 Å². The number of aryl methyl sites for hydroxylation is 2. The van der Waals surface area contributed by atoms with Crippen molar-refractivity contribution in [2.45, 2.75) is 44.4 Å². The Bertz CT molecular complexity index is 349. The Morgan fingerprint density at radius 3 is 2.41 bits per heavy atom. The lowest BCUT2D eigenvalue weighted by atomic mass is 9.96. The molecule has 0 amide bonds. The minimum atomic E-state index is 0.513. The molecule has 2 unspecified atom stereocenters. The van der Waals surface area contributed by atoms with Gasteiger partial charge in [-0.2, -0.15) is 11.8 Å². The first-order valence-electron chi connectivity index (χ1n) is 6.58. The van der Waals surface area contributed by atoms with Gasteiger partial charge in [0.25, 0.3) is 0 Å². The van der Waals surface area contributed by atoms with E-state index in [1.807, 2.05) is 0 Å². The van der Waals surface area contributed by atoms with Crippen molar-refractivity contribution >= 4 is 11.8 Å². The van der Waals surface area contributed by atoms with Gasteiger partial charge in [-0.1, -0.05) is 35.7 Å². The summed E-state index contributed by atoms with van der Waals surface area (Å²) in [4.78, 5) is 0. The van der Waals surface area contributed by atoms with Crippen LogP contribution in [-0.4, -0.2) is 18.1 Å². The monoisotopic (exact) mass is 249 g/mol. The first-order valence-corrected chi connectivity index (χ1v) is 7.62. The molecule has 0 saturated carbocycles. The van der Waals surface area contributed by atoms with Crippen LogP contribution in [0.15, 0.2) is 18.2 Å². The average molecular weight is 249 g/mol. The van der Waals surface area contributed by atoms with E-state index >= 15 is 0 Å². The number of nitrogens with one attached hydrogen (secondary N) is 1. The molecule has 1 nitrogen and oxygen atoms in total. The quantitative estimate of drug-likeness (QED) is 0.873. The van der Waals surface area contributed by atoms with Gasteiger partial charge in [0.1, 0.15) is 0 Å². The van der Waals surface area contributed by atoms with Crippen molar-refractivity contribution in [1.82, 2.24) is 5.32 Å². The van der Waals surface area contributed by atoms with Crippen molar-refractivity contribution in [2.75, 3.05) is 12.8 Å². The lowest BCUT2D eigenvalue weighted by Crippen LogP contribution is -2.29. The van der Waals surface area contributed by atoms with E-state index in [1.165, 1.54) is 41.7 Å². The van der Waals surface area contributed by atoms with Crippen LogP contribution in [0.4, 0.5) is 0 Å². The summed E-state index contributed by atoms with van der Waals surface area (Å²) in [6.45, 7) is 4.38. The zero-order chi connectivity index (χ0) is 12.3. The third kappa shape index (κ3) is 3.26. The fourth-order valence-corrected chi connectivity index (χ4v) is 4.28. The average Bonchev–Trinajstić information content (AvgIpc) is 2.30. The van der Waals surface area contributed by atoms with Gasteiger partial charge in [-0.3, -0.25) is 0 Å². The molecular formula is C15H23NS. The van der Waals surface area contributed by atoms with Gasteiger partial charge >= 0.3 is 0 Å². The fourth-order valence-electron chi connectivity index (χ4n) is 2.79. The van der Waals surface area contributed by atoms with Crippen molar-refractivity contribution in [3.63, 3.8) is 0 Å². The highest BCUT2D eigenvalue weighted by atomic mass is 32.2. The molecule has 0 aromatic heterocycles. The second-order valence-corrected chi connectivity index (χ2v) is 6.44. The summed E-state index contributed by atoms with van der Waals surface area (Å²) in [5.74, 6) is 1.33. The van der Waals surface area contributed by atoms with E-state index in [9.17, 15) is 0 Å². The van der Waals surface area contributed by atoms with Gasteiger partial charge < -0.3 is 5.32 Å². The SMILES string of the molecule is CNC(c1cc(C)cc(C)c1)C1CCCCS1. The smallest absolute Gasteiger partial charge is 0.0438 e.